The van der Waals surface area contributed by atoms with E-state index < -0.39 is 5.95 Å². The van der Waals surface area contributed by atoms with Crippen LogP contribution in [0, 0.1) is 12.9 Å². The largest absolute Gasteiger partial charge is 0.378 e. The first-order valence-electron chi connectivity index (χ1n) is 4.70. The van der Waals surface area contributed by atoms with Gasteiger partial charge in [0, 0.05) is 18.3 Å². The molecule has 0 bridgehead atoms. The Kier molecular flexibility index (Phi) is 2.74. The van der Waals surface area contributed by atoms with Crippen molar-refractivity contribution in [2.45, 2.75) is 13.0 Å². The molecule has 1 aromatic heterocycles. The number of hydrogen-bond donors (Lipinski definition) is 1. The summed E-state index contributed by atoms with van der Waals surface area (Å²) in [7, 11) is 0. The molecule has 0 aromatic carbocycles. The number of hydrogen-bond acceptors (Lipinski definition) is 3. The highest BCUT2D eigenvalue weighted by Gasteiger charge is 2.19. The van der Waals surface area contributed by atoms with E-state index in [-0.39, 0.29) is 6.04 Å². The summed E-state index contributed by atoms with van der Waals surface area (Å²) in [4.78, 5) is 3.69. The van der Waals surface area contributed by atoms with E-state index in [1.54, 1.807) is 0 Å². The first-order valence-corrected chi connectivity index (χ1v) is 4.70. The molecule has 1 aromatic rings. The summed E-state index contributed by atoms with van der Waals surface area (Å²) in [5, 5.41) is 3.20. The number of rotatable bonds is 1. The molecule has 0 aliphatic carbocycles. The first-order chi connectivity index (χ1) is 6.77. The van der Waals surface area contributed by atoms with Crippen LogP contribution in [-0.2, 0) is 4.74 Å². The topological polar surface area (TPSA) is 34.1 Å². The van der Waals surface area contributed by atoms with Gasteiger partial charge in [-0.1, -0.05) is 0 Å². The molecule has 1 aliphatic heterocycles. The second kappa shape index (κ2) is 4.02. The van der Waals surface area contributed by atoms with E-state index in [0.29, 0.717) is 18.8 Å². The van der Waals surface area contributed by atoms with Crippen molar-refractivity contribution in [2.75, 3.05) is 19.8 Å². The van der Waals surface area contributed by atoms with Crippen LogP contribution in [0.2, 0.25) is 0 Å². The number of aryl methyl sites for hydroxylation is 1. The third-order valence-electron chi connectivity index (χ3n) is 2.30. The number of pyridine rings is 1. The van der Waals surface area contributed by atoms with Gasteiger partial charge in [0.25, 0.3) is 0 Å². The maximum Gasteiger partial charge on any atom is 0.217 e. The zero-order valence-corrected chi connectivity index (χ0v) is 8.09. The molecule has 1 aliphatic rings. The van der Waals surface area contributed by atoms with Crippen molar-refractivity contribution in [3.05, 3.63) is 29.3 Å². The minimum absolute atomic E-state index is 0.0591. The number of halogens is 1. The quantitative estimate of drug-likeness (QED) is 0.685. The maximum atomic E-state index is 13.3. The molecule has 1 unspecified atom stereocenters. The molecule has 14 heavy (non-hydrogen) atoms. The molecule has 0 spiro atoms. The van der Waals surface area contributed by atoms with Crippen LogP contribution in [0.15, 0.2) is 12.3 Å². The summed E-state index contributed by atoms with van der Waals surface area (Å²) in [6.45, 7) is 3.87. The zero-order chi connectivity index (χ0) is 9.97. The molecular formula is C10H13FN2O. The number of aromatic nitrogens is 1. The van der Waals surface area contributed by atoms with Crippen molar-refractivity contribution in [2.24, 2.45) is 0 Å². The number of ether oxygens (including phenoxy) is 1. The Morgan fingerprint density at radius 2 is 2.50 bits per heavy atom. The van der Waals surface area contributed by atoms with Crippen LogP contribution in [0.25, 0.3) is 0 Å². The Bertz CT molecular complexity index is 324. The van der Waals surface area contributed by atoms with Crippen molar-refractivity contribution in [1.82, 2.24) is 10.3 Å². The summed E-state index contributed by atoms with van der Waals surface area (Å²) in [6.07, 6.45) is 1.53. The highest BCUT2D eigenvalue weighted by molar-refractivity contribution is 5.22. The van der Waals surface area contributed by atoms with E-state index in [2.05, 4.69) is 10.3 Å². The number of nitrogens with zero attached hydrogens (tertiary/aromatic N) is 1. The summed E-state index contributed by atoms with van der Waals surface area (Å²) < 4.78 is 18.6. The van der Waals surface area contributed by atoms with Crippen LogP contribution in [0.1, 0.15) is 17.2 Å². The van der Waals surface area contributed by atoms with Crippen LogP contribution in [0.3, 0.4) is 0 Å². The predicted octanol–water partition coefficient (Wildman–Crippen LogP) is 1.19. The summed E-state index contributed by atoms with van der Waals surface area (Å²) >= 11 is 0. The van der Waals surface area contributed by atoms with Gasteiger partial charge in [-0.2, -0.15) is 4.39 Å². The zero-order valence-electron chi connectivity index (χ0n) is 8.09. The van der Waals surface area contributed by atoms with Gasteiger partial charge in [-0.3, -0.25) is 0 Å². The van der Waals surface area contributed by atoms with Gasteiger partial charge in [0.1, 0.15) is 0 Å². The molecule has 3 nitrogen and oxygen atoms in total. The fourth-order valence-corrected chi connectivity index (χ4v) is 1.58. The molecule has 2 heterocycles. The van der Waals surface area contributed by atoms with Gasteiger partial charge in [0.05, 0.1) is 19.3 Å². The lowest BCUT2D eigenvalue weighted by molar-refractivity contribution is 0.0755. The SMILES string of the molecule is Cc1cnc(F)c(C2COCCN2)c1. The lowest BCUT2D eigenvalue weighted by Crippen LogP contribution is -2.35. The van der Waals surface area contributed by atoms with E-state index in [1.807, 2.05) is 13.0 Å². The smallest absolute Gasteiger partial charge is 0.217 e. The predicted molar refractivity (Wildman–Crippen MR) is 50.5 cm³/mol. The minimum Gasteiger partial charge on any atom is -0.378 e. The van der Waals surface area contributed by atoms with Gasteiger partial charge in [-0.15, -0.1) is 0 Å². The van der Waals surface area contributed by atoms with E-state index in [1.165, 1.54) is 6.20 Å². The van der Waals surface area contributed by atoms with Gasteiger partial charge < -0.3 is 10.1 Å². The first kappa shape index (κ1) is 9.55. The third kappa shape index (κ3) is 1.91. The van der Waals surface area contributed by atoms with Crippen LogP contribution in [0.4, 0.5) is 4.39 Å². The van der Waals surface area contributed by atoms with Crippen LogP contribution in [0.5, 0.6) is 0 Å². The normalized spacial score (nSPS) is 22.3. The summed E-state index contributed by atoms with van der Waals surface area (Å²) in [5.74, 6) is -0.404. The molecule has 1 atom stereocenters. The van der Waals surface area contributed by atoms with Gasteiger partial charge in [-0.05, 0) is 18.6 Å². The average molecular weight is 196 g/mol. The maximum absolute atomic E-state index is 13.3. The standard InChI is InChI=1S/C10H13FN2O/c1-7-4-8(10(11)13-5-7)9-6-14-3-2-12-9/h4-5,9,12H,2-3,6H2,1H3. The Morgan fingerprint density at radius 3 is 3.21 bits per heavy atom. The van der Waals surface area contributed by atoms with Crippen molar-refractivity contribution in [1.29, 1.82) is 0 Å². The van der Waals surface area contributed by atoms with Crippen molar-refractivity contribution in [3.8, 4) is 0 Å². The fourth-order valence-electron chi connectivity index (χ4n) is 1.58. The van der Waals surface area contributed by atoms with Crippen LogP contribution in [-0.4, -0.2) is 24.7 Å². The Hall–Kier alpha value is -1.00. The summed E-state index contributed by atoms with van der Waals surface area (Å²) in [5.41, 5.74) is 1.57. The highest BCUT2D eigenvalue weighted by atomic mass is 19.1. The van der Waals surface area contributed by atoms with E-state index in [9.17, 15) is 4.39 Å². The van der Waals surface area contributed by atoms with Gasteiger partial charge in [0.15, 0.2) is 0 Å². The Labute approximate surface area is 82.3 Å². The molecule has 4 heteroatoms. The Morgan fingerprint density at radius 1 is 1.64 bits per heavy atom. The van der Waals surface area contributed by atoms with Crippen LogP contribution < -0.4 is 5.32 Å². The van der Waals surface area contributed by atoms with Crippen molar-refractivity contribution < 1.29 is 9.13 Å². The van der Waals surface area contributed by atoms with Gasteiger partial charge in [0.2, 0.25) is 5.95 Å². The van der Waals surface area contributed by atoms with Gasteiger partial charge in [-0.25, -0.2) is 4.98 Å². The molecule has 0 saturated carbocycles. The molecular weight excluding hydrogens is 183 g/mol. The number of morpholine rings is 1. The monoisotopic (exact) mass is 196 g/mol. The number of nitrogens with one attached hydrogen (secondary N) is 1. The highest BCUT2D eigenvalue weighted by Crippen LogP contribution is 2.18. The third-order valence-corrected chi connectivity index (χ3v) is 2.30. The average Bonchev–Trinajstić information content (AvgIpc) is 2.23. The molecule has 1 saturated heterocycles. The lowest BCUT2D eigenvalue weighted by Gasteiger charge is -2.24. The Balaban J connectivity index is 2.24. The van der Waals surface area contributed by atoms with Gasteiger partial charge >= 0.3 is 0 Å². The summed E-state index contributed by atoms with van der Waals surface area (Å²) in [6, 6.07) is 1.76. The van der Waals surface area contributed by atoms with E-state index in [0.717, 1.165) is 12.1 Å². The molecule has 0 radical (unpaired) electrons. The molecule has 76 valence electrons. The molecule has 0 amide bonds. The fraction of sp³-hybridized carbons (Fsp3) is 0.500. The second-order valence-corrected chi connectivity index (χ2v) is 3.47. The van der Waals surface area contributed by atoms with E-state index >= 15 is 0 Å². The van der Waals surface area contributed by atoms with E-state index in [4.69, 9.17) is 4.74 Å². The molecule has 1 fully saturated rings. The second-order valence-electron chi connectivity index (χ2n) is 3.47. The minimum atomic E-state index is -0.404. The van der Waals surface area contributed by atoms with Crippen molar-refractivity contribution >= 4 is 0 Å². The molecule has 2 rings (SSSR count). The molecule has 1 N–H and O–H groups in total. The van der Waals surface area contributed by atoms with Crippen molar-refractivity contribution in [3.63, 3.8) is 0 Å². The lowest BCUT2D eigenvalue weighted by atomic mass is 10.1. The van der Waals surface area contributed by atoms with Crippen LogP contribution >= 0.6 is 0 Å².